The Morgan fingerprint density at radius 3 is 2.32 bits per heavy atom. The van der Waals surface area contributed by atoms with Crippen molar-refractivity contribution in [2.75, 3.05) is 13.2 Å². The Hall–Kier alpha value is -0.340. The second-order valence-electron chi connectivity index (χ2n) is 7.74. The predicted octanol–water partition coefficient (Wildman–Crippen LogP) is 6.11. The molecule has 1 fully saturated rings. The highest BCUT2D eigenvalue weighted by Gasteiger charge is 2.29. The van der Waals surface area contributed by atoms with Crippen LogP contribution in [0.3, 0.4) is 0 Å². The summed E-state index contributed by atoms with van der Waals surface area (Å²) in [4.78, 5) is 0. The third-order valence-electron chi connectivity index (χ3n) is 4.74. The van der Waals surface area contributed by atoms with Crippen molar-refractivity contribution in [1.82, 2.24) is 0 Å². The van der Waals surface area contributed by atoms with Gasteiger partial charge in [0.1, 0.15) is 0 Å². The van der Waals surface area contributed by atoms with Gasteiger partial charge in [-0.15, -0.1) is 0 Å². The Kier molecular flexibility index (Phi) is 9.35. The van der Waals surface area contributed by atoms with E-state index in [1.54, 1.807) is 0 Å². The van der Waals surface area contributed by atoms with Crippen molar-refractivity contribution in [1.29, 1.82) is 0 Å². The molecular weight excluding hydrogens is 272 g/mol. The average Bonchev–Trinajstić information content (AvgIpc) is 2.85. The average molecular weight is 311 g/mol. The van der Waals surface area contributed by atoms with Crippen LogP contribution in [0, 0.1) is 11.8 Å². The lowest BCUT2D eigenvalue weighted by atomic mass is 9.94. The Bertz CT molecular complexity index is 314. The lowest BCUT2D eigenvalue weighted by molar-refractivity contribution is -0.145. The van der Waals surface area contributed by atoms with E-state index in [0.29, 0.717) is 0 Å². The molecule has 22 heavy (non-hydrogen) atoms. The molecule has 0 amide bonds. The van der Waals surface area contributed by atoms with Crippen molar-refractivity contribution < 1.29 is 9.47 Å². The summed E-state index contributed by atoms with van der Waals surface area (Å²) >= 11 is 0. The first-order valence-electron chi connectivity index (χ1n) is 9.35. The Morgan fingerprint density at radius 1 is 1.05 bits per heavy atom. The van der Waals surface area contributed by atoms with Crippen molar-refractivity contribution in [2.24, 2.45) is 11.8 Å². The monoisotopic (exact) mass is 310 g/mol. The molecule has 0 aliphatic carbocycles. The number of ether oxygens (including phenoxy) is 2. The summed E-state index contributed by atoms with van der Waals surface area (Å²) in [5.41, 5.74) is 1.52. The fourth-order valence-electron chi connectivity index (χ4n) is 3.13. The maximum absolute atomic E-state index is 5.64. The zero-order valence-electron chi connectivity index (χ0n) is 15.6. The molecule has 1 aliphatic heterocycles. The highest BCUT2D eigenvalue weighted by atomic mass is 16.7. The maximum Gasteiger partial charge on any atom is 0.166 e. The minimum atomic E-state index is -0.332. The molecular formula is C20H38O2. The first-order chi connectivity index (χ1) is 10.4. The molecule has 1 atom stereocenters. The Balaban J connectivity index is 2.06. The van der Waals surface area contributed by atoms with Gasteiger partial charge in [-0.1, -0.05) is 58.1 Å². The number of allylic oxidation sites excluding steroid dienone is 2. The molecule has 0 radical (unpaired) electrons. The summed E-state index contributed by atoms with van der Waals surface area (Å²) in [7, 11) is 0. The van der Waals surface area contributed by atoms with Crippen molar-refractivity contribution in [2.45, 2.75) is 91.8 Å². The summed E-state index contributed by atoms with van der Waals surface area (Å²) < 4.78 is 11.3. The first-order valence-corrected chi connectivity index (χ1v) is 9.35. The minimum Gasteiger partial charge on any atom is -0.348 e. The Labute approximate surface area is 138 Å². The molecule has 0 spiro atoms. The SMILES string of the molecule is C/C(=C\CCC1(C)OCCO1)CCCC(C)CCCC(C)C. The molecule has 1 rings (SSSR count). The fourth-order valence-corrected chi connectivity index (χ4v) is 3.13. The second-order valence-corrected chi connectivity index (χ2v) is 7.74. The van der Waals surface area contributed by atoms with Gasteiger partial charge in [-0.2, -0.15) is 0 Å². The van der Waals surface area contributed by atoms with Crippen LogP contribution in [0.15, 0.2) is 11.6 Å². The molecule has 0 aromatic carbocycles. The maximum atomic E-state index is 5.64. The van der Waals surface area contributed by atoms with Crippen LogP contribution in [0.4, 0.5) is 0 Å². The van der Waals surface area contributed by atoms with Gasteiger partial charge in [0, 0.05) is 6.42 Å². The molecule has 0 N–H and O–H groups in total. The van der Waals surface area contributed by atoms with Crippen LogP contribution >= 0.6 is 0 Å². The van der Waals surface area contributed by atoms with Gasteiger partial charge < -0.3 is 9.47 Å². The van der Waals surface area contributed by atoms with Crippen LogP contribution in [0.5, 0.6) is 0 Å². The smallest absolute Gasteiger partial charge is 0.166 e. The molecule has 2 nitrogen and oxygen atoms in total. The molecule has 0 aromatic rings. The third kappa shape index (κ3) is 8.95. The number of hydrogen-bond donors (Lipinski definition) is 0. The molecule has 1 aliphatic rings. The summed E-state index contributed by atoms with van der Waals surface area (Å²) in [6.07, 6.45) is 12.5. The van der Waals surface area contributed by atoms with Gasteiger partial charge in [0.2, 0.25) is 0 Å². The highest BCUT2D eigenvalue weighted by molar-refractivity contribution is 4.98. The van der Waals surface area contributed by atoms with Gasteiger partial charge >= 0.3 is 0 Å². The standard InChI is InChI=1S/C20H38O2/c1-17(2)9-6-10-18(3)11-7-12-19(4)13-8-14-20(5)21-15-16-22-20/h13,17-18H,6-12,14-16H2,1-5H3/b19-13+. The molecule has 0 aromatic heterocycles. The molecule has 1 unspecified atom stereocenters. The van der Waals surface area contributed by atoms with Crippen molar-refractivity contribution in [3.05, 3.63) is 11.6 Å². The topological polar surface area (TPSA) is 18.5 Å². The van der Waals surface area contributed by atoms with E-state index in [1.807, 2.05) is 0 Å². The van der Waals surface area contributed by atoms with Gasteiger partial charge in [-0.3, -0.25) is 0 Å². The predicted molar refractivity (Wildman–Crippen MR) is 95.0 cm³/mol. The van der Waals surface area contributed by atoms with Gasteiger partial charge in [0.25, 0.3) is 0 Å². The molecule has 130 valence electrons. The van der Waals surface area contributed by atoms with E-state index >= 15 is 0 Å². The van der Waals surface area contributed by atoms with E-state index < -0.39 is 0 Å². The van der Waals surface area contributed by atoms with Crippen molar-refractivity contribution in [3.8, 4) is 0 Å². The minimum absolute atomic E-state index is 0.332. The lowest BCUT2D eigenvalue weighted by Crippen LogP contribution is -2.24. The molecule has 0 saturated carbocycles. The van der Waals surface area contributed by atoms with Crippen LogP contribution in [-0.4, -0.2) is 19.0 Å². The van der Waals surface area contributed by atoms with Gasteiger partial charge in [0.15, 0.2) is 5.79 Å². The van der Waals surface area contributed by atoms with E-state index in [9.17, 15) is 0 Å². The van der Waals surface area contributed by atoms with Crippen LogP contribution in [-0.2, 0) is 9.47 Å². The second kappa shape index (κ2) is 10.4. The summed E-state index contributed by atoms with van der Waals surface area (Å²) in [5, 5.41) is 0. The summed E-state index contributed by atoms with van der Waals surface area (Å²) in [6, 6.07) is 0. The van der Waals surface area contributed by atoms with E-state index in [0.717, 1.165) is 37.9 Å². The first kappa shape index (κ1) is 19.7. The van der Waals surface area contributed by atoms with Crippen LogP contribution < -0.4 is 0 Å². The van der Waals surface area contributed by atoms with E-state index in [4.69, 9.17) is 9.47 Å². The van der Waals surface area contributed by atoms with Crippen molar-refractivity contribution >= 4 is 0 Å². The van der Waals surface area contributed by atoms with Crippen LogP contribution in [0.1, 0.15) is 86.0 Å². The number of rotatable bonds is 11. The zero-order chi connectivity index (χ0) is 16.4. The van der Waals surface area contributed by atoms with Gasteiger partial charge in [-0.25, -0.2) is 0 Å². The fraction of sp³-hybridized carbons (Fsp3) is 0.900. The largest absolute Gasteiger partial charge is 0.348 e. The molecule has 1 saturated heterocycles. The van der Waals surface area contributed by atoms with Gasteiger partial charge in [-0.05, 0) is 44.9 Å². The summed E-state index contributed by atoms with van der Waals surface area (Å²) in [5.74, 6) is 1.40. The van der Waals surface area contributed by atoms with Gasteiger partial charge in [0.05, 0.1) is 13.2 Å². The highest BCUT2D eigenvalue weighted by Crippen LogP contribution is 2.25. The van der Waals surface area contributed by atoms with E-state index in [2.05, 4.69) is 40.7 Å². The van der Waals surface area contributed by atoms with E-state index in [1.165, 1.54) is 44.1 Å². The molecule has 1 heterocycles. The normalized spacial score (nSPS) is 19.8. The molecule has 2 heteroatoms. The van der Waals surface area contributed by atoms with Crippen LogP contribution in [0.25, 0.3) is 0 Å². The van der Waals surface area contributed by atoms with Crippen LogP contribution in [0.2, 0.25) is 0 Å². The summed E-state index contributed by atoms with van der Waals surface area (Å²) in [6.45, 7) is 12.9. The third-order valence-corrected chi connectivity index (χ3v) is 4.74. The quantitative estimate of drug-likeness (QED) is 0.429. The lowest BCUT2D eigenvalue weighted by Gasteiger charge is -2.21. The van der Waals surface area contributed by atoms with E-state index in [-0.39, 0.29) is 5.79 Å². The van der Waals surface area contributed by atoms with Crippen molar-refractivity contribution in [3.63, 3.8) is 0 Å². The number of hydrogen-bond acceptors (Lipinski definition) is 2. The zero-order valence-corrected chi connectivity index (χ0v) is 15.6. The molecule has 0 bridgehead atoms. The Morgan fingerprint density at radius 2 is 1.68 bits per heavy atom.